The molecule has 0 aliphatic carbocycles. The van der Waals surface area contributed by atoms with Crippen molar-refractivity contribution in [1.29, 1.82) is 0 Å². The molecular formula is C16H30N2S. The van der Waals surface area contributed by atoms with Gasteiger partial charge in [0.15, 0.2) is 0 Å². The van der Waals surface area contributed by atoms with Gasteiger partial charge in [0.25, 0.3) is 0 Å². The van der Waals surface area contributed by atoms with Crippen molar-refractivity contribution >= 4 is 11.3 Å². The molecule has 0 saturated carbocycles. The molecule has 1 atom stereocenters. The lowest BCUT2D eigenvalue weighted by atomic mass is 9.91. The first-order valence-electron chi connectivity index (χ1n) is 7.48. The smallest absolute Gasteiger partial charge is 0.113 e. The van der Waals surface area contributed by atoms with Gasteiger partial charge in [-0.05, 0) is 45.4 Å². The van der Waals surface area contributed by atoms with Crippen molar-refractivity contribution in [3.05, 3.63) is 16.1 Å². The van der Waals surface area contributed by atoms with Gasteiger partial charge in [0, 0.05) is 11.4 Å². The molecule has 3 heteroatoms. The maximum absolute atomic E-state index is 4.87. The van der Waals surface area contributed by atoms with E-state index >= 15 is 0 Å². The lowest BCUT2D eigenvalue weighted by molar-refractivity contribution is 0.288. The molecule has 0 radical (unpaired) electrons. The molecular weight excluding hydrogens is 252 g/mol. The van der Waals surface area contributed by atoms with E-state index in [2.05, 4.69) is 59.2 Å². The molecule has 19 heavy (non-hydrogen) atoms. The number of thiazole rings is 1. The van der Waals surface area contributed by atoms with Crippen LogP contribution in [0.1, 0.15) is 77.9 Å². The molecule has 1 unspecified atom stereocenters. The average Bonchev–Trinajstić information content (AvgIpc) is 2.75. The predicted octanol–water partition coefficient (Wildman–Crippen LogP) is 4.92. The summed E-state index contributed by atoms with van der Waals surface area (Å²) >= 11 is 1.80. The van der Waals surface area contributed by atoms with E-state index in [1.807, 2.05) is 0 Å². The minimum Gasteiger partial charge on any atom is -0.303 e. The van der Waals surface area contributed by atoms with Gasteiger partial charge >= 0.3 is 0 Å². The SMILES string of the molecule is CC(C)CCC(C)(NC(C)C)c1nc(C(C)C)cs1. The molecule has 0 bridgehead atoms. The predicted molar refractivity (Wildman–Crippen MR) is 85.9 cm³/mol. The molecule has 1 aromatic rings. The summed E-state index contributed by atoms with van der Waals surface area (Å²) in [5.74, 6) is 1.25. The summed E-state index contributed by atoms with van der Waals surface area (Å²) in [5, 5.41) is 7.19. The zero-order valence-electron chi connectivity index (χ0n) is 13.6. The standard InChI is InChI=1S/C16H30N2S/c1-11(2)8-9-16(7,18-13(5)6)15-17-14(10-19-15)12(3)4/h10-13,18H,8-9H2,1-7H3. The number of nitrogens with zero attached hydrogens (tertiary/aromatic N) is 1. The molecule has 1 N–H and O–H groups in total. The second-order valence-corrected chi connectivity index (χ2v) is 7.65. The number of nitrogens with one attached hydrogen (secondary N) is 1. The quantitative estimate of drug-likeness (QED) is 0.768. The van der Waals surface area contributed by atoms with Crippen LogP contribution in [0.5, 0.6) is 0 Å². The van der Waals surface area contributed by atoms with Crippen LogP contribution in [0.4, 0.5) is 0 Å². The molecule has 0 aliphatic rings. The summed E-state index contributed by atoms with van der Waals surface area (Å²) in [5.41, 5.74) is 1.23. The van der Waals surface area contributed by atoms with Crippen LogP contribution >= 0.6 is 11.3 Å². The van der Waals surface area contributed by atoms with Gasteiger partial charge in [0.05, 0.1) is 11.2 Å². The molecule has 0 spiro atoms. The Morgan fingerprint density at radius 3 is 2.26 bits per heavy atom. The largest absolute Gasteiger partial charge is 0.303 e. The van der Waals surface area contributed by atoms with Crippen molar-refractivity contribution in [3.63, 3.8) is 0 Å². The first-order valence-corrected chi connectivity index (χ1v) is 8.36. The van der Waals surface area contributed by atoms with Gasteiger partial charge in [-0.2, -0.15) is 0 Å². The van der Waals surface area contributed by atoms with E-state index in [1.54, 1.807) is 11.3 Å². The number of hydrogen-bond acceptors (Lipinski definition) is 3. The van der Waals surface area contributed by atoms with E-state index in [-0.39, 0.29) is 5.54 Å². The Bertz CT molecular complexity index is 382. The fourth-order valence-electron chi connectivity index (χ4n) is 2.26. The van der Waals surface area contributed by atoms with Gasteiger partial charge in [-0.3, -0.25) is 0 Å². The lowest BCUT2D eigenvalue weighted by Crippen LogP contribution is -2.43. The maximum atomic E-state index is 4.87. The number of rotatable bonds is 7. The summed E-state index contributed by atoms with van der Waals surface area (Å²) in [4.78, 5) is 4.87. The van der Waals surface area contributed by atoms with Gasteiger partial charge in [-0.25, -0.2) is 4.98 Å². The van der Waals surface area contributed by atoms with E-state index in [0.717, 1.165) is 12.3 Å². The van der Waals surface area contributed by atoms with Crippen molar-refractivity contribution in [2.24, 2.45) is 5.92 Å². The number of aromatic nitrogens is 1. The van der Waals surface area contributed by atoms with Crippen molar-refractivity contribution in [2.75, 3.05) is 0 Å². The topological polar surface area (TPSA) is 24.9 Å². The Labute approximate surface area is 123 Å². The second kappa shape index (κ2) is 6.85. The van der Waals surface area contributed by atoms with Gasteiger partial charge in [-0.15, -0.1) is 11.3 Å². The molecule has 0 amide bonds. The van der Waals surface area contributed by atoms with E-state index in [4.69, 9.17) is 4.98 Å². The van der Waals surface area contributed by atoms with Crippen molar-refractivity contribution in [3.8, 4) is 0 Å². The lowest BCUT2D eigenvalue weighted by Gasteiger charge is -2.32. The number of hydrogen-bond donors (Lipinski definition) is 1. The van der Waals surface area contributed by atoms with E-state index in [0.29, 0.717) is 12.0 Å². The van der Waals surface area contributed by atoms with Crippen LogP contribution < -0.4 is 5.32 Å². The second-order valence-electron chi connectivity index (χ2n) is 6.80. The summed E-state index contributed by atoms with van der Waals surface area (Å²) in [7, 11) is 0. The van der Waals surface area contributed by atoms with Crippen LogP contribution in [0.2, 0.25) is 0 Å². The fraction of sp³-hybridized carbons (Fsp3) is 0.812. The summed E-state index contributed by atoms with van der Waals surface area (Å²) in [6.07, 6.45) is 2.38. The molecule has 0 aliphatic heterocycles. The van der Waals surface area contributed by atoms with Gasteiger partial charge in [0.1, 0.15) is 5.01 Å². The maximum Gasteiger partial charge on any atom is 0.113 e. The van der Waals surface area contributed by atoms with Crippen LogP contribution in [0, 0.1) is 5.92 Å². The summed E-state index contributed by atoms with van der Waals surface area (Å²) < 4.78 is 0. The highest BCUT2D eigenvalue weighted by atomic mass is 32.1. The Balaban J connectivity index is 2.93. The highest BCUT2D eigenvalue weighted by molar-refractivity contribution is 7.09. The normalized spacial score (nSPS) is 15.5. The minimum absolute atomic E-state index is 0.0102. The first kappa shape index (κ1) is 16.6. The molecule has 110 valence electrons. The van der Waals surface area contributed by atoms with Crippen molar-refractivity contribution in [2.45, 2.75) is 78.8 Å². The van der Waals surface area contributed by atoms with Crippen LogP contribution in [-0.4, -0.2) is 11.0 Å². The highest BCUT2D eigenvalue weighted by Crippen LogP contribution is 2.32. The van der Waals surface area contributed by atoms with E-state index in [1.165, 1.54) is 17.1 Å². The van der Waals surface area contributed by atoms with E-state index < -0.39 is 0 Å². The van der Waals surface area contributed by atoms with Crippen LogP contribution in [0.15, 0.2) is 5.38 Å². The Kier molecular flexibility index (Phi) is 6.00. The average molecular weight is 282 g/mol. The monoisotopic (exact) mass is 282 g/mol. The van der Waals surface area contributed by atoms with Crippen LogP contribution in [-0.2, 0) is 5.54 Å². The Morgan fingerprint density at radius 1 is 1.21 bits per heavy atom. The third kappa shape index (κ3) is 4.88. The van der Waals surface area contributed by atoms with Gasteiger partial charge in [-0.1, -0.05) is 27.7 Å². The zero-order chi connectivity index (χ0) is 14.6. The van der Waals surface area contributed by atoms with Crippen molar-refractivity contribution < 1.29 is 0 Å². The molecule has 2 nitrogen and oxygen atoms in total. The van der Waals surface area contributed by atoms with E-state index in [9.17, 15) is 0 Å². The molecule has 0 saturated heterocycles. The van der Waals surface area contributed by atoms with Gasteiger partial charge < -0.3 is 5.32 Å². The fourth-order valence-corrected chi connectivity index (χ4v) is 3.40. The summed E-state index contributed by atoms with van der Waals surface area (Å²) in [6.45, 7) is 15.7. The first-order chi connectivity index (χ1) is 8.74. The molecule has 1 aromatic heterocycles. The van der Waals surface area contributed by atoms with Crippen LogP contribution in [0.3, 0.4) is 0 Å². The van der Waals surface area contributed by atoms with Gasteiger partial charge in [0.2, 0.25) is 0 Å². The van der Waals surface area contributed by atoms with Crippen molar-refractivity contribution in [1.82, 2.24) is 10.3 Å². The van der Waals surface area contributed by atoms with Crippen LogP contribution in [0.25, 0.3) is 0 Å². The molecule has 0 fully saturated rings. The minimum atomic E-state index is 0.0102. The molecule has 0 aromatic carbocycles. The zero-order valence-corrected chi connectivity index (χ0v) is 14.4. The third-order valence-corrected chi connectivity index (χ3v) is 4.54. The Morgan fingerprint density at radius 2 is 1.84 bits per heavy atom. The Hall–Kier alpha value is -0.410. The third-order valence-electron chi connectivity index (χ3n) is 3.41. The highest BCUT2D eigenvalue weighted by Gasteiger charge is 2.30. The molecule has 1 heterocycles. The summed E-state index contributed by atoms with van der Waals surface area (Å²) in [6, 6.07) is 0.476. The molecule has 1 rings (SSSR count).